The molecular formula is C24H28N6O2. The van der Waals surface area contributed by atoms with Gasteiger partial charge in [0.2, 0.25) is 5.88 Å². The van der Waals surface area contributed by atoms with E-state index in [1.54, 1.807) is 25.4 Å². The average molecular weight is 433 g/mol. The van der Waals surface area contributed by atoms with Crippen LogP contribution in [0.3, 0.4) is 0 Å². The molecule has 2 fully saturated rings. The zero-order chi connectivity index (χ0) is 22.1. The minimum atomic E-state index is 0.139. The van der Waals surface area contributed by atoms with Gasteiger partial charge in [-0.05, 0) is 55.0 Å². The molecule has 5 rings (SSSR count). The quantitative estimate of drug-likeness (QED) is 0.613. The molecule has 1 aromatic carbocycles. The van der Waals surface area contributed by atoms with E-state index in [1.807, 2.05) is 24.3 Å². The number of nitrogens with one attached hydrogen (secondary N) is 1. The number of aromatic hydroxyl groups is 1. The normalized spacial score (nSPS) is 22.6. The number of hydrogen-bond acceptors (Lipinski definition) is 8. The summed E-state index contributed by atoms with van der Waals surface area (Å²) in [4.78, 5) is 2.28. The first-order valence-corrected chi connectivity index (χ1v) is 11.1. The number of benzene rings is 1. The molecule has 2 aromatic heterocycles. The molecule has 1 aliphatic carbocycles. The zero-order valence-electron chi connectivity index (χ0n) is 18.4. The molecule has 1 atom stereocenters. The Morgan fingerprint density at radius 3 is 2.62 bits per heavy atom. The lowest BCUT2D eigenvalue weighted by atomic mass is 9.81. The van der Waals surface area contributed by atoms with Crippen molar-refractivity contribution in [3.05, 3.63) is 42.6 Å². The minimum absolute atomic E-state index is 0.139. The van der Waals surface area contributed by atoms with Crippen molar-refractivity contribution in [2.45, 2.75) is 38.3 Å². The molecule has 1 aliphatic heterocycles. The van der Waals surface area contributed by atoms with Crippen LogP contribution in [0.15, 0.2) is 42.6 Å². The Hall–Kier alpha value is -3.26. The molecule has 2 aliphatic rings. The van der Waals surface area contributed by atoms with E-state index in [2.05, 4.69) is 37.5 Å². The number of rotatable bonds is 6. The van der Waals surface area contributed by atoms with E-state index >= 15 is 0 Å². The van der Waals surface area contributed by atoms with Crippen LogP contribution in [0, 0.1) is 5.92 Å². The van der Waals surface area contributed by atoms with E-state index in [-0.39, 0.29) is 5.75 Å². The van der Waals surface area contributed by atoms with Gasteiger partial charge < -0.3 is 20.1 Å². The highest BCUT2D eigenvalue weighted by Crippen LogP contribution is 2.33. The lowest BCUT2D eigenvalue weighted by Crippen LogP contribution is -2.46. The molecule has 0 unspecified atom stereocenters. The smallest absolute Gasteiger partial charge is 0.233 e. The fraction of sp³-hybridized carbons (Fsp3) is 0.417. The molecular weight excluding hydrogens is 404 g/mol. The SMILES string of the molecule is COc1cc(-c2ccc(-c3ccc(N4CC[C@@H](NC5CC(C)C5)C4)nn3)c(O)c2)cnn1. The monoisotopic (exact) mass is 432 g/mol. The summed E-state index contributed by atoms with van der Waals surface area (Å²) in [6.45, 7) is 4.26. The average Bonchev–Trinajstić information content (AvgIpc) is 3.27. The first-order chi connectivity index (χ1) is 15.6. The predicted octanol–water partition coefficient (Wildman–Crippen LogP) is 3.28. The van der Waals surface area contributed by atoms with Gasteiger partial charge >= 0.3 is 0 Å². The van der Waals surface area contributed by atoms with E-state index in [0.717, 1.165) is 42.4 Å². The van der Waals surface area contributed by atoms with Gasteiger partial charge in [-0.25, -0.2) is 0 Å². The summed E-state index contributed by atoms with van der Waals surface area (Å²) in [6, 6.07) is 12.3. The third kappa shape index (κ3) is 4.23. The van der Waals surface area contributed by atoms with Crippen LogP contribution in [0.25, 0.3) is 22.4 Å². The molecule has 3 heterocycles. The highest BCUT2D eigenvalue weighted by molar-refractivity contribution is 5.74. The van der Waals surface area contributed by atoms with Crippen LogP contribution in [-0.2, 0) is 0 Å². The van der Waals surface area contributed by atoms with Crippen LogP contribution >= 0.6 is 0 Å². The largest absolute Gasteiger partial charge is 0.507 e. The number of phenolic OH excluding ortho intramolecular Hbond substituents is 1. The van der Waals surface area contributed by atoms with Gasteiger partial charge in [0, 0.05) is 42.4 Å². The van der Waals surface area contributed by atoms with Crippen molar-refractivity contribution in [2.24, 2.45) is 5.92 Å². The Kier molecular flexibility index (Phi) is 5.61. The third-order valence-corrected chi connectivity index (χ3v) is 6.46. The van der Waals surface area contributed by atoms with Crippen LogP contribution in [0.2, 0.25) is 0 Å². The van der Waals surface area contributed by atoms with Gasteiger partial charge in [0.1, 0.15) is 5.75 Å². The predicted molar refractivity (Wildman–Crippen MR) is 123 cm³/mol. The number of phenols is 1. The Bertz CT molecular complexity index is 1080. The molecule has 1 saturated carbocycles. The van der Waals surface area contributed by atoms with Crippen molar-refractivity contribution in [3.8, 4) is 34.0 Å². The number of ether oxygens (including phenoxy) is 1. The van der Waals surface area contributed by atoms with Gasteiger partial charge in [-0.15, -0.1) is 15.3 Å². The van der Waals surface area contributed by atoms with Crippen LogP contribution in [0.4, 0.5) is 5.82 Å². The highest BCUT2D eigenvalue weighted by Gasteiger charge is 2.30. The maximum absolute atomic E-state index is 10.6. The highest BCUT2D eigenvalue weighted by atomic mass is 16.5. The molecule has 0 amide bonds. The lowest BCUT2D eigenvalue weighted by Gasteiger charge is -2.35. The number of methoxy groups -OCH3 is 1. The number of hydrogen-bond donors (Lipinski definition) is 2. The summed E-state index contributed by atoms with van der Waals surface area (Å²) in [5.41, 5.74) is 2.91. The van der Waals surface area contributed by atoms with Gasteiger partial charge in [0.05, 0.1) is 19.0 Å². The summed E-state index contributed by atoms with van der Waals surface area (Å²) in [7, 11) is 1.55. The topological polar surface area (TPSA) is 96.3 Å². The fourth-order valence-corrected chi connectivity index (χ4v) is 4.65. The van der Waals surface area contributed by atoms with Crippen molar-refractivity contribution >= 4 is 5.82 Å². The summed E-state index contributed by atoms with van der Waals surface area (Å²) < 4.78 is 5.13. The maximum Gasteiger partial charge on any atom is 0.233 e. The zero-order valence-corrected chi connectivity index (χ0v) is 18.4. The second-order valence-electron chi connectivity index (χ2n) is 8.87. The second kappa shape index (κ2) is 8.70. The second-order valence-corrected chi connectivity index (χ2v) is 8.87. The molecule has 166 valence electrons. The van der Waals surface area contributed by atoms with Crippen molar-refractivity contribution < 1.29 is 9.84 Å². The minimum Gasteiger partial charge on any atom is -0.507 e. The van der Waals surface area contributed by atoms with Crippen molar-refractivity contribution in [3.63, 3.8) is 0 Å². The molecule has 8 heteroatoms. The first kappa shape index (κ1) is 20.6. The standard InChI is InChI=1S/C24H28N6O2/c1-15-9-19(10-15)26-18-7-8-30(14-18)23-6-5-21(27-28-23)20-4-3-16(11-22(20)31)17-12-24(32-2)29-25-13-17/h3-6,11-13,15,18-19,26,31H,7-10,14H2,1-2H3/t15?,18-,19?/m1/s1. The molecule has 32 heavy (non-hydrogen) atoms. The summed E-state index contributed by atoms with van der Waals surface area (Å²) in [5, 5.41) is 31.1. The van der Waals surface area contributed by atoms with E-state index in [0.29, 0.717) is 29.2 Å². The fourth-order valence-electron chi connectivity index (χ4n) is 4.65. The van der Waals surface area contributed by atoms with Gasteiger partial charge in [0.15, 0.2) is 5.82 Å². The van der Waals surface area contributed by atoms with Crippen molar-refractivity contribution in [1.29, 1.82) is 0 Å². The molecule has 3 aromatic rings. The summed E-state index contributed by atoms with van der Waals surface area (Å²) >= 11 is 0. The van der Waals surface area contributed by atoms with Gasteiger partial charge in [-0.2, -0.15) is 5.10 Å². The van der Waals surface area contributed by atoms with Gasteiger partial charge in [-0.1, -0.05) is 13.0 Å². The Morgan fingerprint density at radius 2 is 1.91 bits per heavy atom. The van der Waals surface area contributed by atoms with Crippen LogP contribution in [-0.4, -0.2) is 57.8 Å². The lowest BCUT2D eigenvalue weighted by molar-refractivity contribution is 0.226. The molecule has 0 spiro atoms. The van der Waals surface area contributed by atoms with Gasteiger partial charge in [-0.3, -0.25) is 0 Å². The van der Waals surface area contributed by atoms with Crippen LogP contribution < -0.4 is 15.0 Å². The van der Waals surface area contributed by atoms with Crippen molar-refractivity contribution in [2.75, 3.05) is 25.1 Å². The first-order valence-electron chi connectivity index (χ1n) is 11.1. The van der Waals surface area contributed by atoms with Crippen LogP contribution in [0.5, 0.6) is 11.6 Å². The van der Waals surface area contributed by atoms with E-state index in [1.165, 1.54) is 12.8 Å². The number of nitrogens with zero attached hydrogens (tertiary/aromatic N) is 5. The number of anilines is 1. The Labute approximate surface area is 187 Å². The number of aromatic nitrogens is 4. The maximum atomic E-state index is 10.6. The van der Waals surface area contributed by atoms with E-state index < -0.39 is 0 Å². The van der Waals surface area contributed by atoms with Gasteiger partial charge in [0.25, 0.3) is 0 Å². The molecule has 0 bridgehead atoms. The molecule has 1 saturated heterocycles. The van der Waals surface area contributed by atoms with E-state index in [9.17, 15) is 5.11 Å². The van der Waals surface area contributed by atoms with E-state index in [4.69, 9.17) is 4.74 Å². The van der Waals surface area contributed by atoms with Crippen molar-refractivity contribution in [1.82, 2.24) is 25.7 Å². The molecule has 2 N–H and O–H groups in total. The summed E-state index contributed by atoms with van der Waals surface area (Å²) in [5.74, 6) is 2.30. The third-order valence-electron chi connectivity index (χ3n) is 6.46. The molecule has 0 radical (unpaired) electrons. The molecule has 8 nitrogen and oxygen atoms in total. The van der Waals surface area contributed by atoms with Crippen LogP contribution in [0.1, 0.15) is 26.2 Å². The Morgan fingerprint density at radius 1 is 1.03 bits per heavy atom. The summed E-state index contributed by atoms with van der Waals surface area (Å²) in [6.07, 6.45) is 5.34. The Balaban J connectivity index is 1.27.